The minimum Gasteiger partial charge on any atom is -0.319 e. The average molecular weight is 236 g/mol. The van der Waals surface area contributed by atoms with Crippen molar-refractivity contribution >= 4 is 11.3 Å². The van der Waals surface area contributed by atoms with Crippen LogP contribution in [0.25, 0.3) is 0 Å². The normalized spacial score (nSPS) is 34.0. The molecule has 2 nitrogen and oxygen atoms in total. The van der Waals surface area contributed by atoms with E-state index in [1.165, 1.54) is 47.7 Å². The summed E-state index contributed by atoms with van der Waals surface area (Å²) < 4.78 is 0. The van der Waals surface area contributed by atoms with Crippen LogP contribution in [0.1, 0.15) is 54.6 Å². The molecule has 0 radical (unpaired) electrons. The highest BCUT2D eigenvalue weighted by Gasteiger charge is 2.36. The van der Waals surface area contributed by atoms with Crippen molar-refractivity contribution in [1.29, 1.82) is 0 Å². The highest BCUT2D eigenvalue weighted by molar-refractivity contribution is 7.12. The predicted octanol–water partition coefficient (Wildman–Crippen LogP) is 3.00. The van der Waals surface area contributed by atoms with Crippen molar-refractivity contribution in [2.24, 2.45) is 11.7 Å². The van der Waals surface area contributed by atoms with Gasteiger partial charge >= 0.3 is 0 Å². The second kappa shape index (κ2) is 3.81. The van der Waals surface area contributed by atoms with Crippen LogP contribution in [0.3, 0.4) is 0 Å². The number of fused-ring (bicyclic) bond motifs is 1. The molecule has 0 aliphatic heterocycles. The summed E-state index contributed by atoms with van der Waals surface area (Å²) in [5.74, 6) is 0.762. The second-order valence-corrected chi connectivity index (χ2v) is 6.68. The van der Waals surface area contributed by atoms with Crippen LogP contribution in [0.2, 0.25) is 0 Å². The molecule has 0 saturated heterocycles. The average Bonchev–Trinajstić information content (AvgIpc) is 2.75. The number of thiazole rings is 1. The van der Waals surface area contributed by atoms with Crippen LogP contribution in [-0.2, 0) is 18.4 Å². The van der Waals surface area contributed by atoms with E-state index in [-0.39, 0.29) is 5.54 Å². The molecular formula is C13H20N2S. The van der Waals surface area contributed by atoms with Gasteiger partial charge in [0.2, 0.25) is 0 Å². The minimum atomic E-state index is -0.104. The Kier molecular flexibility index (Phi) is 2.55. The van der Waals surface area contributed by atoms with E-state index < -0.39 is 0 Å². The maximum Gasteiger partial charge on any atom is 0.113 e. The predicted molar refractivity (Wildman–Crippen MR) is 67.6 cm³/mol. The fraction of sp³-hybridized carbons (Fsp3) is 0.769. The Balaban J connectivity index is 1.89. The van der Waals surface area contributed by atoms with Gasteiger partial charge in [-0.1, -0.05) is 19.8 Å². The van der Waals surface area contributed by atoms with Crippen LogP contribution < -0.4 is 5.73 Å². The summed E-state index contributed by atoms with van der Waals surface area (Å²) in [6.07, 6.45) is 8.56. The van der Waals surface area contributed by atoms with Gasteiger partial charge in [-0.3, -0.25) is 0 Å². The summed E-state index contributed by atoms with van der Waals surface area (Å²) in [7, 11) is 0. The van der Waals surface area contributed by atoms with Crippen molar-refractivity contribution in [3.63, 3.8) is 0 Å². The summed E-state index contributed by atoms with van der Waals surface area (Å²) in [6.45, 7) is 2.32. The fourth-order valence-electron chi connectivity index (χ4n) is 3.19. The lowest BCUT2D eigenvalue weighted by molar-refractivity contribution is 0.238. The zero-order valence-electron chi connectivity index (χ0n) is 9.96. The van der Waals surface area contributed by atoms with E-state index in [9.17, 15) is 0 Å². The van der Waals surface area contributed by atoms with E-state index in [0.29, 0.717) is 0 Å². The molecule has 1 aromatic rings. The zero-order chi connectivity index (χ0) is 11.2. The third-order valence-electron chi connectivity index (χ3n) is 4.05. The van der Waals surface area contributed by atoms with E-state index in [1.54, 1.807) is 0 Å². The number of aryl methyl sites for hydroxylation is 2. The highest BCUT2D eigenvalue weighted by Crippen LogP contribution is 2.41. The number of nitrogens with zero attached hydrogens (tertiary/aromatic N) is 1. The maximum atomic E-state index is 6.58. The Morgan fingerprint density at radius 3 is 3.00 bits per heavy atom. The standard InChI is InChI=1S/C13H20N2S/c1-9-4-3-7-13(14,8-9)12-15-10-5-2-6-11(10)16-12/h9H,2-8,14H2,1H3. The van der Waals surface area contributed by atoms with Gasteiger partial charge in [-0.05, 0) is 38.0 Å². The van der Waals surface area contributed by atoms with Crippen LogP contribution >= 0.6 is 11.3 Å². The van der Waals surface area contributed by atoms with Gasteiger partial charge < -0.3 is 5.73 Å². The van der Waals surface area contributed by atoms with Gasteiger partial charge in [0, 0.05) is 4.88 Å². The number of hydrogen-bond donors (Lipinski definition) is 1. The second-order valence-electron chi connectivity index (χ2n) is 5.60. The van der Waals surface area contributed by atoms with Gasteiger partial charge in [0.25, 0.3) is 0 Å². The van der Waals surface area contributed by atoms with E-state index in [4.69, 9.17) is 10.7 Å². The lowest BCUT2D eigenvalue weighted by atomic mass is 9.77. The van der Waals surface area contributed by atoms with Gasteiger partial charge in [0.1, 0.15) is 5.01 Å². The maximum absolute atomic E-state index is 6.58. The molecule has 0 amide bonds. The van der Waals surface area contributed by atoms with E-state index >= 15 is 0 Å². The van der Waals surface area contributed by atoms with Crippen molar-refractivity contribution in [3.05, 3.63) is 15.6 Å². The summed E-state index contributed by atoms with van der Waals surface area (Å²) in [5, 5.41) is 1.23. The SMILES string of the molecule is CC1CCCC(N)(c2nc3c(s2)CCC3)C1. The lowest BCUT2D eigenvalue weighted by Gasteiger charge is -2.35. The molecule has 2 aliphatic carbocycles. The molecule has 2 atom stereocenters. The van der Waals surface area contributed by atoms with Crippen LogP contribution in [0.5, 0.6) is 0 Å². The fourth-order valence-corrected chi connectivity index (χ4v) is 4.48. The molecule has 2 unspecified atom stereocenters. The Morgan fingerprint density at radius 1 is 1.38 bits per heavy atom. The van der Waals surface area contributed by atoms with Gasteiger partial charge in [-0.15, -0.1) is 11.3 Å². The molecule has 1 fully saturated rings. The third kappa shape index (κ3) is 1.70. The first-order valence-electron chi connectivity index (χ1n) is 6.45. The largest absolute Gasteiger partial charge is 0.319 e. The molecule has 0 bridgehead atoms. The Bertz CT molecular complexity index is 377. The first-order chi connectivity index (χ1) is 7.67. The summed E-state index contributed by atoms with van der Waals surface area (Å²) in [5.41, 5.74) is 7.83. The molecule has 88 valence electrons. The van der Waals surface area contributed by atoms with E-state index in [0.717, 1.165) is 18.8 Å². The zero-order valence-corrected chi connectivity index (χ0v) is 10.8. The highest BCUT2D eigenvalue weighted by atomic mass is 32.1. The molecule has 0 aromatic carbocycles. The Hall–Kier alpha value is -0.410. The summed E-state index contributed by atoms with van der Waals surface area (Å²) in [4.78, 5) is 6.33. The molecule has 2 aliphatic rings. The molecule has 16 heavy (non-hydrogen) atoms. The van der Waals surface area contributed by atoms with Gasteiger partial charge in [-0.25, -0.2) is 4.98 Å². The van der Waals surface area contributed by atoms with Crippen LogP contribution in [0.15, 0.2) is 0 Å². The van der Waals surface area contributed by atoms with Gasteiger partial charge in [-0.2, -0.15) is 0 Å². The van der Waals surface area contributed by atoms with Crippen molar-refractivity contribution in [3.8, 4) is 0 Å². The summed E-state index contributed by atoms with van der Waals surface area (Å²) in [6, 6.07) is 0. The molecular weight excluding hydrogens is 216 g/mol. The van der Waals surface area contributed by atoms with Crippen molar-refractivity contribution < 1.29 is 0 Å². The van der Waals surface area contributed by atoms with Crippen LogP contribution in [0.4, 0.5) is 0 Å². The molecule has 3 heteroatoms. The number of hydrogen-bond acceptors (Lipinski definition) is 3. The molecule has 0 spiro atoms. The number of nitrogens with two attached hydrogens (primary N) is 1. The number of rotatable bonds is 1. The molecule has 2 N–H and O–H groups in total. The minimum absolute atomic E-state index is 0.104. The first-order valence-corrected chi connectivity index (χ1v) is 7.27. The third-order valence-corrected chi connectivity index (χ3v) is 5.43. The Morgan fingerprint density at radius 2 is 2.25 bits per heavy atom. The van der Waals surface area contributed by atoms with E-state index in [1.807, 2.05) is 11.3 Å². The van der Waals surface area contributed by atoms with Gasteiger partial charge in [0.05, 0.1) is 11.2 Å². The summed E-state index contributed by atoms with van der Waals surface area (Å²) >= 11 is 1.89. The monoisotopic (exact) mass is 236 g/mol. The topological polar surface area (TPSA) is 38.9 Å². The van der Waals surface area contributed by atoms with Crippen molar-refractivity contribution in [1.82, 2.24) is 4.98 Å². The van der Waals surface area contributed by atoms with Crippen molar-refractivity contribution in [2.45, 2.75) is 57.4 Å². The van der Waals surface area contributed by atoms with Crippen LogP contribution in [0, 0.1) is 5.92 Å². The first kappa shape index (κ1) is 10.7. The molecule has 1 aromatic heterocycles. The number of aromatic nitrogens is 1. The molecule has 1 heterocycles. The molecule has 1 saturated carbocycles. The smallest absolute Gasteiger partial charge is 0.113 e. The van der Waals surface area contributed by atoms with Crippen molar-refractivity contribution in [2.75, 3.05) is 0 Å². The lowest BCUT2D eigenvalue weighted by Crippen LogP contribution is -2.40. The Labute approximate surface area is 101 Å². The quantitative estimate of drug-likeness (QED) is 0.814. The van der Waals surface area contributed by atoms with E-state index in [2.05, 4.69) is 6.92 Å². The molecule has 3 rings (SSSR count). The van der Waals surface area contributed by atoms with Crippen LogP contribution in [-0.4, -0.2) is 4.98 Å². The van der Waals surface area contributed by atoms with Gasteiger partial charge in [0.15, 0.2) is 0 Å².